The van der Waals surface area contributed by atoms with Gasteiger partial charge in [-0.25, -0.2) is 5.43 Å². The summed E-state index contributed by atoms with van der Waals surface area (Å²) in [4.78, 5) is 37.6. The fourth-order valence-electron chi connectivity index (χ4n) is 3.88. The Hall–Kier alpha value is -3.91. The molecule has 3 N–H and O–H groups in total. The number of hydrazine groups is 1. The highest BCUT2D eigenvalue weighted by Gasteiger charge is 2.28. The van der Waals surface area contributed by atoms with Gasteiger partial charge in [-0.1, -0.05) is 35.9 Å². The zero-order valence-corrected chi connectivity index (χ0v) is 19.5. The number of benzene rings is 2. The number of hydrazone groups is 1. The Bertz CT molecular complexity index is 1310. The van der Waals surface area contributed by atoms with Crippen molar-refractivity contribution in [3.05, 3.63) is 92.9 Å². The second-order valence-corrected chi connectivity index (χ2v) is 8.38. The molecule has 0 bridgehead atoms. The molecule has 3 amide bonds. The topological polar surface area (TPSA) is 113 Å². The third-order valence-corrected chi connectivity index (χ3v) is 5.83. The summed E-state index contributed by atoms with van der Waals surface area (Å²) in [5, 5.41) is 4.75. The number of carbonyl (C=O) groups is 3. The maximum atomic E-state index is 12.7. The minimum absolute atomic E-state index is 0.0798. The Labute approximate surface area is 201 Å². The molecule has 3 aromatic rings. The van der Waals surface area contributed by atoms with E-state index < -0.39 is 11.8 Å². The molecule has 0 spiro atoms. The Balaban J connectivity index is 1.49. The lowest BCUT2D eigenvalue weighted by molar-refractivity contribution is 0.0829. The van der Waals surface area contributed by atoms with Crippen molar-refractivity contribution in [3.8, 4) is 0 Å². The van der Waals surface area contributed by atoms with Crippen LogP contribution in [0, 0.1) is 13.8 Å². The largest absolute Gasteiger partial charge is 0.455 e. The second-order valence-electron chi connectivity index (χ2n) is 7.94. The Morgan fingerprint density at radius 1 is 0.941 bits per heavy atom. The predicted octanol–water partition coefficient (Wildman–Crippen LogP) is 4.10. The molecule has 174 valence electrons. The molecular weight excluding hydrogens is 456 g/mol. The molecule has 8 nitrogen and oxygen atoms in total. The van der Waals surface area contributed by atoms with Gasteiger partial charge in [0, 0.05) is 33.7 Å². The second kappa shape index (κ2) is 9.93. The van der Waals surface area contributed by atoms with Gasteiger partial charge in [0.05, 0.1) is 5.71 Å². The van der Waals surface area contributed by atoms with Crippen molar-refractivity contribution in [2.24, 2.45) is 5.10 Å². The van der Waals surface area contributed by atoms with E-state index in [1.165, 1.54) is 6.07 Å². The van der Waals surface area contributed by atoms with Gasteiger partial charge in [-0.2, -0.15) is 5.10 Å². The van der Waals surface area contributed by atoms with Gasteiger partial charge in [-0.15, -0.1) is 0 Å². The van der Waals surface area contributed by atoms with Crippen LogP contribution in [-0.4, -0.2) is 23.4 Å². The third kappa shape index (κ3) is 4.87. The monoisotopic (exact) mass is 478 g/mol. The first-order valence-electron chi connectivity index (χ1n) is 10.8. The van der Waals surface area contributed by atoms with Gasteiger partial charge >= 0.3 is 5.91 Å². The molecule has 0 unspecified atom stereocenters. The van der Waals surface area contributed by atoms with Gasteiger partial charge in [0.15, 0.2) is 5.76 Å². The van der Waals surface area contributed by atoms with E-state index in [9.17, 15) is 14.4 Å². The number of amides is 3. The number of fused-ring (bicyclic) bond motifs is 1. The molecule has 0 saturated heterocycles. The average Bonchev–Trinajstić information content (AvgIpc) is 3.18. The number of carbonyl (C=O) groups excluding carboxylic acids is 3. The first kappa shape index (κ1) is 23.3. The summed E-state index contributed by atoms with van der Waals surface area (Å²) in [5.41, 5.74) is 11.0. The van der Waals surface area contributed by atoms with Gasteiger partial charge in [0.2, 0.25) is 0 Å². The van der Waals surface area contributed by atoms with Crippen LogP contribution in [0.3, 0.4) is 0 Å². The molecule has 4 rings (SSSR count). The van der Waals surface area contributed by atoms with E-state index in [4.69, 9.17) is 16.0 Å². The van der Waals surface area contributed by atoms with Crippen LogP contribution >= 0.6 is 11.6 Å². The van der Waals surface area contributed by atoms with Crippen molar-refractivity contribution in [2.45, 2.75) is 33.1 Å². The van der Waals surface area contributed by atoms with Gasteiger partial charge in [0.25, 0.3) is 11.8 Å². The SMILES string of the molecule is Cc1ccccc1C(=O)N/N=C1\CCCc2oc(C(=O)NNC(=O)c3cccc(Cl)c3)c(C)c21. The standard InChI is InChI=1S/C25H23ClN4O4/c1-14-7-3-4-10-18(14)24(32)29-27-19-11-6-12-20-21(19)15(2)22(34-20)25(33)30-28-23(31)16-8-5-9-17(26)13-16/h3-5,7-10,13H,6,11-12H2,1-2H3,(H,28,31)(H,29,32)(H,30,33)/b27-19+. The molecule has 1 aliphatic rings. The summed E-state index contributed by atoms with van der Waals surface area (Å²) in [6.07, 6.45) is 2.04. The number of rotatable bonds is 4. The van der Waals surface area contributed by atoms with Crippen LogP contribution in [0.25, 0.3) is 0 Å². The zero-order chi connectivity index (χ0) is 24.2. The lowest BCUT2D eigenvalue weighted by Gasteiger charge is -2.13. The number of halogens is 1. The zero-order valence-electron chi connectivity index (χ0n) is 18.7. The number of nitrogens with one attached hydrogen (secondary N) is 3. The Morgan fingerprint density at radius 2 is 1.71 bits per heavy atom. The molecule has 1 aliphatic carbocycles. The van der Waals surface area contributed by atoms with Gasteiger partial charge in [-0.05, 0) is 56.5 Å². The summed E-state index contributed by atoms with van der Waals surface area (Å²) < 4.78 is 5.82. The minimum atomic E-state index is -0.592. The van der Waals surface area contributed by atoms with E-state index in [1.807, 2.05) is 19.1 Å². The van der Waals surface area contributed by atoms with Crippen molar-refractivity contribution in [3.63, 3.8) is 0 Å². The Morgan fingerprint density at radius 3 is 2.47 bits per heavy atom. The van der Waals surface area contributed by atoms with Crippen molar-refractivity contribution in [2.75, 3.05) is 0 Å². The van der Waals surface area contributed by atoms with E-state index in [1.54, 1.807) is 37.3 Å². The van der Waals surface area contributed by atoms with E-state index in [-0.39, 0.29) is 11.7 Å². The molecule has 0 saturated carbocycles. The highest BCUT2D eigenvalue weighted by molar-refractivity contribution is 6.31. The van der Waals surface area contributed by atoms with Gasteiger partial charge < -0.3 is 4.42 Å². The molecule has 9 heteroatoms. The van der Waals surface area contributed by atoms with Crippen molar-refractivity contribution in [1.29, 1.82) is 0 Å². The maximum Gasteiger partial charge on any atom is 0.305 e. The fourth-order valence-corrected chi connectivity index (χ4v) is 4.07. The van der Waals surface area contributed by atoms with Crippen LogP contribution in [0.4, 0.5) is 0 Å². The number of aryl methyl sites for hydroxylation is 2. The molecule has 0 aliphatic heterocycles. The highest BCUT2D eigenvalue weighted by atomic mass is 35.5. The summed E-state index contributed by atoms with van der Waals surface area (Å²) in [7, 11) is 0. The molecule has 2 aromatic carbocycles. The first-order chi connectivity index (χ1) is 16.3. The normalized spacial score (nSPS) is 13.8. The van der Waals surface area contributed by atoms with Gasteiger partial charge in [-0.3, -0.25) is 25.2 Å². The molecule has 1 aromatic heterocycles. The molecule has 0 radical (unpaired) electrons. The molecule has 0 fully saturated rings. The summed E-state index contributed by atoms with van der Waals surface area (Å²) in [6.45, 7) is 3.61. The fraction of sp³-hybridized carbons (Fsp3) is 0.200. The third-order valence-electron chi connectivity index (χ3n) is 5.59. The summed E-state index contributed by atoms with van der Waals surface area (Å²) in [5.74, 6) is -0.702. The average molecular weight is 479 g/mol. The van der Waals surface area contributed by atoms with Crippen LogP contribution in [-0.2, 0) is 6.42 Å². The highest BCUT2D eigenvalue weighted by Crippen LogP contribution is 2.29. The minimum Gasteiger partial charge on any atom is -0.455 e. The van der Waals surface area contributed by atoms with E-state index >= 15 is 0 Å². The maximum absolute atomic E-state index is 12.7. The molecule has 0 atom stereocenters. The van der Waals surface area contributed by atoms with E-state index in [0.29, 0.717) is 51.6 Å². The van der Waals surface area contributed by atoms with Crippen LogP contribution < -0.4 is 16.3 Å². The number of hydrogen-bond acceptors (Lipinski definition) is 5. The van der Waals surface area contributed by atoms with E-state index in [2.05, 4.69) is 21.4 Å². The van der Waals surface area contributed by atoms with Crippen LogP contribution in [0.1, 0.15) is 66.6 Å². The molecular formula is C25H23ClN4O4. The number of furan rings is 1. The quantitative estimate of drug-likeness (QED) is 0.490. The van der Waals surface area contributed by atoms with E-state index in [0.717, 1.165) is 12.0 Å². The smallest absolute Gasteiger partial charge is 0.305 e. The van der Waals surface area contributed by atoms with Crippen LogP contribution in [0.15, 0.2) is 58.0 Å². The summed E-state index contributed by atoms with van der Waals surface area (Å²) >= 11 is 5.91. The van der Waals surface area contributed by atoms with Crippen molar-refractivity contribution < 1.29 is 18.8 Å². The first-order valence-corrected chi connectivity index (χ1v) is 11.1. The Kier molecular flexibility index (Phi) is 6.79. The van der Waals surface area contributed by atoms with Gasteiger partial charge in [0.1, 0.15) is 5.76 Å². The molecule has 34 heavy (non-hydrogen) atoms. The number of hydrogen-bond donors (Lipinski definition) is 3. The van der Waals surface area contributed by atoms with Crippen molar-refractivity contribution in [1.82, 2.24) is 16.3 Å². The van der Waals surface area contributed by atoms with Crippen molar-refractivity contribution >= 4 is 35.0 Å². The lowest BCUT2D eigenvalue weighted by atomic mass is 9.93. The summed E-state index contributed by atoms with van der Waals surface area (Å²) in [6, 6.07) is 13.6. The predicted molar refractivity (Wildman–Crippen MR) is 128 cm³/mol. The van der Waals surface area contributed by atoms with Crippen LogP contribution in [0.2, 0.25) is 5.02 Å². The molecule has 1 heterocycles. The van der Waals surface area contributed by atoms with Crippen LogP contribution in [0.5, 0.6) is 0 Å². The lowest BCUT2D eigenvalue weighted by Crippen LogP contribution is -2.41. The number of nitrogens with zero attached hydrogens (tertiary/aromatic N) is 1.